The largest absolute Gasteiger partial charge is 0.448 e. The summed E-state index contributed by atoms with van der Waals surface area (Å²) in [6.45, 7) is 3.42. The molecule has 11 heteroatoms. The normalized spacial score (nSPS) is 17.2. The van der Waals surface area contributed by atoms with Crippen LogP contribution < -0.4 is 5.32 Å². The fraction of sp³-hybridized carbons (Fsp3) is 0.258. The first-order valence-corrected chi connectivity index (χ1v) is 14.0. The Balaban J connectivity index is 1.28. The molecule has 8 nitrogen and oxygen atoms in total. The van der Waals surface area contributed by atoms with Gasteiger partial charge >= 0.3 is 0 Å². The molecule has 216 valence electrons. The molecule has 0 unspecified atom stereocenters. The highest BCUT2D eigenvalue weighted by atomic mass is 35.5. The highest BCUT2D eigenvalue weighted by molar-refractivity contribution is 6.28. The summed E-state index contributed by atoms with van der Waals surface area (Å²) >= 11 is 5.96. The van der Waals surface area contributed by atoms with Gasteiger partial charge in [-0.1, -0.05) is 24.3 Å². The van der Waals surface area contributed by atoms with Crippen LogP contribution in [0, 0.1) is 18.6 Å². The van der Waals surface area contributed by atoms with Crippen LogP contribution in [-0.4, -0.2) is 49.5 Å². The van der Waals surface area contributed by atoms with E-state index in [0.717, 1.165) is 34.3 Å². The molecular weight excluding hydrogens is 562 g/mol. The fourth-order valence-electron chi connectivity index (χ4n) is 5.65. The van der Waals surface area contributed by atoms with Crippen molar-refractivity contribution in [3.05, 3.63) is 112 Å². The number of amides is 1. The summed E-state index contributed by atoms with van der Waals surface area (Å²) in [5.74, 6) is -1.61. The van der Waals surface area contributed by atoms with E-state index in [1.165, 1.54) is 6.07 Å². The van der Waals surface area contributed by atoms with Crippen molar-refractivity contribution in [2.45, 2.75) is 31.8 Å². The molecule has 1 amide bonds. The molecule has 2 aromatic carbocycles. The second-order valence-corrected chi connectivity index (χ2v) is 11.0. The number of rotatable bonds is 8. The third-order valence-corrected chi connectivity index (χ3v) is 7.88. The number of hydrogen-bond donors (Lipinski definition) is 1. The van der Waals surface area contributed by atoms with Crippen LogP contribution in [0.15, 0.2) is 77.5 Å². The molecule has 0 spiro atoms. The zero-order valence-corrected chi connectivity index (χ0v) is 23.9. The van der Waals surface area contributed by atoms with Crippen molar-refractivity contribution in [3.8, 4) is 16.9 Å². The number of aromatic nitrogens is 4. The molecule has 1 N–H and O–H groups in total. The SMILES string of the molecule is Cc1c(-c2cnn(C)c2)nn(-c2ccccc2)c1CC(=O)N[C@@H]1CN(Cc2ccc(Cl)o2)C[C@H]1c1ccc(F)c(F)c1. The van der Waals surface area contributed by atoms with Gasteiger partial charge in [-0.05, 0) is 66.0 Å². The summed E-state index contributed by atoms with van der Waals surface area (Å²) in [6, 6.07) is 16.7. The van der Waals surface area contributed by atoms with Gasteiger partial charge in [0.15, 0.2) is 16.9 Å². The van der Waals surface area contributed by atoms with E-state index in [4.69, 9.17) is 21.1 Å². The molecule has 1 saturated heterocycles. The average Bonchev–Trinajstić information content (AvgIpc) is 3.75. The summed E-state index contributed by atoms with van der Waals surface area (Å²) < 4.78 is 37.0. The number of nitrogens with zero attached hydrogens (tertiary/aromatic N) is 5. The van der Waals surface area contributed by atoms with Gasteiger partial charge in [-0.15, -0.1) is 0 Å². The topological polar surface area (TPSA) is 81.1 Å². The number of nitrogens with one attached hydrogen (secondary N) is 1. The number of carbonyl (C=O) groups is 1. The van der Waals surface area contributed by atoms with E-state index < -0.39 is 11.6 Å². The summed E-state index contributed by atoms with van der Waals surface area (Å²) in [5.41, 5.74) is 4.68. The van der Waals surface area contributed by atoms with E-state index in [2.05, 4.69) is 15.3 Å². The van der Waals surface area contributed by atoms with Crippen LogP contribution in [0.4, 0.5) is 8.78 Å². The number of para-hydroxylation sites is 1. The molecule has 4 heterocycles. The zero-order valence-electron chi connectivity index (χ0n) is 23.1. The maximum Gasteiger partial charge on any atom is 0.226 e. The minimum absolute atomic E-state index is 0.0722. The average molecular weight is 591 g/mol. The van der Waals surface area contributed by atoms with Crippen LogP contribution in [0.25, 0.3) is 16.9 Å². The van der Waals surface area contributed by atoms with Crippen molar-refractivity contribution >= 4 is 17.5 Å². The van der Waals surface area contributed by atoms with Gasteiger partial charge < -0.3 is 9.73 Å². The van der Waals surface area contributed by atoms with E-state index in [1.54, 1.807) is 33.8 Å². The number of carbonyl (C=O) groups excluding carboxylic acids is 1. The van der Waals surface area contributed by atoms with Crippen molar-refractivity contribution in [2.75, 3.05) is 13.1 Å². The van der Waals surface area contributed by atoms with Gasteiger partial charge in [0.25, 0.3) is 0 Å². The molecule has 2 atom stereocenters. The van der Waals surface area contributed by atoms with Crippen LogP contribution in [-0.2, 0) is 24.8 Å². The number of halogens is 3. The Labute approximate surface area is 246 Å². The highest BCUT2D eigenvalue weighted by Crippen LogP contribution is 2.31. The van der Waals surface area contributed by atoms with Gasteiger partial charge in [-0.25, -0.2) is 13.5 Å². The molecule has 0 aliphatic carbocycles. The molecule has 1 fully saturated rings. The highest BCUT2D eigenvalue weighted by Gasteiger charge is 2.36. The number of benzene rings is 2. The Hall–Kier alpha value is -4.28. The predicted molar refractivity (Wildman–Crippen MR) is 154 cm³/mol. The fourth-order valence-corrected chi connectivity index (χ4v) is 5.81. The van der Waals surface area contributed by atoms with E-state index in [-0.39, 0.29) is 24.3 Å². The number of likely N-dealkylation sites (tertiary alicyclic amines) is 1. The second-order valence-electron chi connectivity index (χ2n) is 10.6. The molecule has 0 saturated carbocycles. The first-order valence-electron chi connectivity index (χ1n) is 13.6. The van der Waals surface area contributed by atoms with Gasteiger partial charge in [-0.3, -0.25) is 14.4 Å². The lowest BCUT2D eigenvalue weighted by molar-refractivity contribution is -0.121. The van der Waals surface area contributed by atoms with Gasteiger partial charge in [0.1, 0.15) is 5.76 Å². The van der Waals surface area contributed by atoms with Crippen LogP contribution in [0.3, 0.4) is 0 Å². The molecule has 6 rings (SSSR count). The summed E-state index contributed by atoms with van der Waals surface area (Å²) in [4.78, 5) is 15.8. The van der Waals surface area contributed by atoms with Crippen molar-refractivity contribution in [2.24, 2.45) is 7.05 Å². The Kier molecular flexibility index (Phi) is 7.66. The lowest BCUT2D eigenvalue weighted by Gasteiger charge is -2.21. The van der Waals surface area contributed by atoms with Gasteiger partial charge in [0.2, 0.25) is 5.91 Å². The van der Waals surface area contributed by atoms with Gasteiger partial charge in [0, 0.05) is 43.9 Å². The summed E-state index contributed by atoms with van der Waals surface area (Å²) in [5, 5.41) is 12.6. The maximum absolute atomic E-state index is 14.2. The number of hydrogen-bond acceptors (Lipinski definition) is 5. The van der Waals surface area contributed by atoms with Crippen molar-refractivity contribution in [1.82, 2.24) is 29.8 Å². The van der Waals surface area contributed by atoms with Crippen LogP contribution in [0.5, 0.6) is 0 Å². The molecule has 0 bridgehead atoms. The van der Waals surface area contributed by atoms with Crippen LogP contribution >= 0.6 is 11.6 Å². The molecule has 3 aromatic heterocycles. The van der Waals surface area contributed by atoms with Gasteiger partial charge in [-0.2, -0.15) is 10.2 Å². The maximum atomic E-state index is 14.2. The Bertz CT molecular complexity index is 1730. The second kappa shape index (κ2) is 11.5. The minimum atomic E-state index is -0.917. The standard InChI is InChI=1S/C31H29ClF2N6O2/c1-19-28(40(22-6-4-3-5-7-22)37-31(19)21-14-35-38(2)15-21)13-30(41)36-27-18-39(16-23-9-11-29(32)42-23)17-24(27)20-8-10-25(33)26(34)12-20/h3-12,14-15,24,27H,13,16-18H2,1-2H3,(H,36,41)/t24-,27+/m0/s1. The van der Waals surface area contributed by atoms with Crippen molar-refractivity contribution in [1.29, 1.82) is 0 Å². The van der Waals surface area contributed by atoms with E-state index >= 15 is 0 Å². The third kappa shape index (κ3) is 5.73. The minimum Gasteiger partial charge on any atom is -0.448 e. The molecule has 1 aliphatic heterocycles. The van der Waals surface area contributed by atoms with Gasteiger partial charge in [0.05, 0.1) is 36.2 Å². The van der Waals surface area contributed by atoms with Crippen molar-refractivity contribution in [3.63, 3.8) is 0 Å². The third-order valence-electron chi connectivity index (χ3n) is 7.67. The summed E-state index contributed by atoms with van der Waals surface area (Å²) in [7, 11) is 1.84. The molecule has 1 aliphatic rings. The quantitative estimate of drug-likeness (QED) is 0.261. The molecule has 0 radical (unpaired) electrons. The zero-order chi connectivity index (χ0) is 29.4. The Morgan fingerprint density at radius 3 is 2.60 bits per heavy atom. The summed E-state index contributed by atoms with van der Waals surface area (Å²) in [6.07, 6.45) is 3.71. The van der Waals surface area contributed by atoms with Crippen molar-refractivity contribution < 1.29 is 18.0 Å². The monoisotopic (exact) mass is 590 g/mol. The predicted octanol–water partition coefficient (Wildman–Crippen LogP) is 5.43. The molecule has 5 aromatic rings. The Morgan fingerprint density at radius 1 is 1.10 bits per heavy atom. The Morgan fingerprint density at radius 2 is 1.90 bits per heavy atom. The molecular formula is C31H29ClF2N6O2. The molecule has 42 heavy (non-hydrogen) atoms. The smallest absolute Gasteiger partial charge is 0.226 e. The van der Waals surface area contributed by atoms with Crippen LogP contribution in [0.2, 0.25) is 5.22 Å². The van der Waals surface area contributed by atoms with Crippen LogP contribution in [0.1, 0.15) is 28.5 Å². The van der Waals surface area contributed by atoms with E-state index in [9.17, 15) is 13.6 Å². The lowest BCUT2D eigenvalue weighted by atomic mass is 9.94. The first-order chi connectivity index (χ1) is 20.2. The van der Waals surface area contributed by atoms with E-state index in [1.807, 2.05) is 50.5 Å². The lowest BCUT2D eigenvalue weighted by Crippen LogP contribution is -2.41. The number of aryl methyl sites for hydroxylation is 1. The van der Waals surface area contributed by atoms with E-state index in [0.29, 0.717) is 36.2 Å². The first kappa shape index (κ1) is 27.9. The number of furan rings is 1.